The van der Waals surface area contributed by atoms with E-state index in [0.717, 1.165) is 30.8 Å². The molecule has 1 aromatic rings. The number of aliphatic hydroxyl groups is 1. The van der Waals surface area contributed by atoms with Gasteiger partial charge in [-0.15, -0.1) is 0 Å². The lowest BCUT2D eigenvalue weighted by Crippen LogP contribution is -2.32. The van der Waals surface area contributed by atoms with E-state index >= 15 is 0 Å². The third-order valence-corrected chi connectivity index (χ3v) is 5.64. The fourth-order valence-electron chi connectivity index (χ4n) is 3.89. The molecule has 0 spiro atoms. The molecule has 2 atom stereocenters. The number of ether oxygens (including phenoxy) is 2. The van der Waals surface area contributed by atoms with Crippen LogP contribution in [0, 0.1) is 5.41 Å². The molecule has 4 nitrogen and oxygen atoms in total. The summed E-state index contributed by atoms with van der Waals surface area (Å²) < 4.78 is 10.8. The number of carbonyl (C=O) groups excluding carboxylic acids is 1. The van der Waals surface area contributed by atoms with Gasteiger partial charge in [-0.2, -0.15) is 0 Å². The van der Waals surface area contributed by atoms with Gasteiger partial charge < -0.3 is 14.6 Å². The molecule has 2 aliphatic carbocycles. The summed E-state index contributed by atoms with van der Waals surface area (Å²) in [6.07, 6.45) is 6.38. The van der Waals surface area contributed by atoms with Crippen LogP contribution in [0.25, 0.3) is 5.57 Å². The second-order valence-electron chi connectivity index (χ2n) is 7.05. The highest BCUT2D eigenvalue weighted by atomic mass is 16.5. The molecule has 0 unspecified atom stereocenters. The second-order valence-corrected chi connectivity index (χ2v) is 7.05. The molecule has 1 saturated carbocycles. The van der Waals surface area contributed by atoms with Crippen molar-refractivity contribution >= 4 is 11.4 Å². The molecular formula is C20H26O4. The van der Waals surface area contributed by atoms with E-state index < -0.39 is 11.5 Å². The first kappa shape index (κ1) is 17.0. The minimum absolute atomic E-state index is 0.176. The monoisotopic (exact) mass is 330 g/mol. The summed E-state index contributed by atoms with van der Waals surface area (Å²) >= 11 is 0. The molecule has 0 radical (unpaired) electrons. The number of carbonyl (C=O) groups is 1. The predicted octanol–water partition coefficient (Wildman–Crippen LogP) is 3.54. The smallest absolute Gasteiger partial charge is 0.161 e. The van der Waals surface area contributed by atoms with Gasteiger partial charge in [0.15, 0.2) is 11.5 Å². The van der Waals surface area contributed by atoms with Crippen molar-refractivity contribution in [1.29, 1.82) is 0 Å². The number of allylic oxidation sites excluding steroid dienone is 2. The summed E-state index contributed by atoms with van der Waals surface area (Å²) in [5, 5.41) is 10.2. The van der Waals surface area contributed by atoms with Crippen molar-refractivity contribution in [1.82, 2.24) is 0 Å². The van der Waals surface area contributed by atoms with Gasteiger partial charge in [0.1, 0.15) is 5.78 Å². The van der Waals surface area contributed by atoms with Crippen LogP contribution in [0.5, 0.6) is 11.5 Å². The van der Waals surface area contributed by atoms with Gasteiger partial charge in [-0.25, -0.2) is 0 Å². The first-order valence-corrected chi connectivity index (χ1v) is 8.65. The highest BCUT2D eigenvalue weighted by molar-refractivity contribution is 5.88. The van der Waals surface area contributed by atoms with Gasteiger partial charge in [0.05, 0.1) is 25.7 Å². The van der Waals surface area contributed by atoms with E-state index in [0.29, 0.717) is 19.3 Å². The van der Waals surface area contributed by atoms with Gasteiger partial charge in [-0.1, -0.05) is 6.08 Å². The van der Waals surface area contributed by atoms with Crippen molar-refractivity contribution in [3.05, 3.63) is 29.3 Å². The Balaban J connectivity index is 1.93. The van der Waals surface area contributed by atoms with Gasteiger partial charge in [-0.3, -0.25) is 4.79 Å². The highest BCUT2D eigenvalue weighted by Gasteiger charge is 2.44. The van der Waals surface area contributed by atoms with Crippen molar-refractivity contribution in [3.8, 4) is 11.5 Å². The van der Waals surface area contributed by atoms with Crippen LogP contribution in [0.3, 0.4) is 0 Å². The molecule has 0 amide bonds. The maximum absolute atomic E-state index is 12.2. The third-order valence-electron chi connectivity index (χ3n) is 5.64. The summed E-state index contributed by atoms with van der Waals surface area (Å²) in [5.41, 5.74) is 3.04. The summed E-state index contributed by atoms with van der Waals surface area (Å²) in [7, 11) is 3.29. The fourth-order valence-corrected chi connectivity index (χ4v) is 3.89. The molecular weight excluding hydrogens is 304 g/mol. The minimum atomic E-state index is -0.638. The number of aliphatic hydroxyl groups excluding tert-OH is 1. The Labute approximate surface area is 143 Å². The van der Waals surface area contributed by atoms with E-state index in [1.165, 1.54) is 16.7 Å². The zero-order valence-electron chi connectivity index (χ0n) is 14.7. The SMILES string of the molecule is COc1cc2c(cc1OC)C(=CC[C@]1(C)C(=O)CC[C@H]1O)CCC2. The van der Waals surface area contributed by atoms with Crippen molar-refractivity contribution in [2.45, 2.75) is 51.6 Å². The first-order chi connectivity index (χ1) is 11.5. The fraction of sp³-hybridized carbons (Fsp3) is 0.550. The van der Waals surface area contributed by atoms with Gasteiger partial charge >= 0.3 is 0 Å². The lowest BCUT2D eigenvalue weighted by Gasteiger charge is -2.27. The Morgan fingerprint density at radius 1 is 1.21 bits per heavy atom. The normalized spacial score (nSPS) is 28.1. The van der Waals surface area contributed by atoms with Gasteiger partial charge in [0.2, 0.25) is 0 Å². The number of methoxy groups -OCH3 is 2. The van der Waals surface area contributed by atoms with E-state index in [1.807, 2.05) is 13.0 Å². The Morgan fingerprint density at radius 2 is 1.92 bits per heavy atom. The van der Waals surface area contributed by atoms with Crippen molar-refractivity contribution in [2.75, 3.05) is 14.2 Å². The molecule has 0 saturated heterocycles. The van der Waals surface area contributed by atoms with Crippen LogP contribution >= 0.6 is 0 Å². The van der Waals surface area contributed by atoms with Crippen LogP contribution in [0.15, 0.2) is 18.2 Å². The maximum atomic E-state index is 12.2. The first-order valence-electron chi connectivity index (χ1n) is 8.65. The van der Waals surface area contributed by atoms with E-state index in [9.17, 15) is 9.90 Å². The van der Waals surface area contributed by atoms with Crippen LogP contribution < -0.4 is 9.47 Å². The summed E-state index contributed by atoms with van der Waals surface area (Å²) in [4.78, 5) is 12.2. The summed E-state index contributed by atoms with van der Waals surface area (Å²) in [6.45, 7) is 1.89. The van der Waals surface area contributed by atoms with Gasteiger partial charge in [0.25, 0.3) is 0 Å². The summed E-state index contributed by atoms with van der Waals surface area (Å²) in [6, 6.07) is 4.09. The number of Topliss-reactive ketones (excluding diaryl/α,β-unsaturated/α-hetero) is 1. The molecule has 4 heteroatoms. The standard InChI is InChI=1S/C20H26O4/c1-20(18(21)7-8-19(20)22)10-9-13-5-4-6-14-11-16(23-2)17(24-3)12-15(13)14/h9,11-12,18,21H,4-8,10H2,1-3H3/t18-,20+/m1/s1. The zero-order chi connectivity index (χ0) is 17.3. The average Bonchev–Trinajstić information content (AvgIpc) is 2.86. The van der Waals surface area contributed by atoms with Crippen LogP contribution in [0.1, 0.15) is 50.2 Å². The Bertz CT molecular complexity index is 676. The zero-order valence-corrected chi connectivity index (χ0v) is 14.7. The van der Waals surface area contributed by atoms with E-state index in [1.54, 1.807) is 14.2 Å². The molecule has 0 bridgehead atoms. The molecule has 0 aromatic heterocycles. The number of benzene rings is 1. The van der Waals surface area contributed by atoms with Gasteiger partial charge in [-0.05, 0) is 67.9 Å². The molecule has 1 fully saturated rings. The molecule has 0 aliphatic heterocycles. The molecule has 24 heavy (non-hydrogen) atoms. The molecule has 3 rings (SSSR count). The Morgan fingerprint density at radius 3 is 2.54 bits per heavy atom. The summed E-state index contributed by atoms with van der Waals surface area (Å²) in [5.74, 6) is 1.66. The van der Waals surface area contributed by atoms with Crippen LogP contribution in [0.4, 0.5) is 0 Å². The number of ketones is 1. The quantitative estimate of drug-likeness (QED) is 0.917. The molecule has 1 N–H and O–H groups in total. The number of hydrogen-bond donors (Lipinski definition) is 1. The second kappa shape index (κ2) is 6.60. The Kier molecular flexibility index (Phi) is 4.68. The van der Waals surface area contributed by atoms with Crippen molar-refractivity contribution < 1.29 is 19.4 Å². The Hall–Kier alpha value is -1.81. The highest BCUT2D eigenvalue weighted by Crippen LogP contribution is 2.42. The molecule has 1 aromatic carbocycles. The van der Waals surface area contributed by atoms with Crippen LogP contribution in [-0.2, 0) is 11.2 Å². The maximum Gasteiger partial charge on any atom is 0.161 e. The number of rotatable bonds is 4. The van der Waals surface area contributed by atoms with E-state index in [2.05, 4.69) is 12.1 Å². The van der Waals surface area contributed by atoms with Crippen molar-refractivity contribution in [3.63, 3.8) is 0 Å². The van der Waals surface area contributed by atoms with Crippen LogP contribution in [0.2, 0.25) is 0 Å². The van der Waals surface area contributed by atoms with Crippen LogP contribution in [-0.4, -0.2) is 31.2 Å². The number of fused-ring (bicyclic) bond motifs is 1. The molecule has 0 heterocycles. The molecule has 130 valence electrons. The van der Waals surface area contributed by atoms with E-state index in [4.69, 9.17) is 9.47 Å². The topological polar surface area (TPSA) is 55.8 Å². The molecule has 2 aliphatic rings. The number of hydrogen-bond acceptors (Lipinski definition) is 4. The predicted molar refractivity (Wildman–Crippen MR) is 93.4 cm³/mol. The third kappa shape index (κ3) is 2.84. The largest absolute Gasteiger partial charge is 0.493 e. The lowest BCUT2D eigenvalue weighted by molar-refractivity contribution is -0.127. The van der Waals surface area contributed by atoms with Crippen molar-refractivity contribution in [2.24, 2.45) is 5.41 Å². The number of aryl methyl sites for hydroxylation is 1. The van der Waals surface area contributed by atoms with Gasteiger partial charge in [0, 0.05) is 6.42 Å². The minimum Gasteiger partial charge on any atom is -0.493 e. The lowest BCUT2D eigenvalue weighted by atomic mass is 9.79. The van der Waals surface area contributed by atoms with E-state index in [-0.39, 0.29) is 5.78 Å². The average molecular weight is 330 g/mol.